The van der Waals surface area contributed by atoms with Gasteiger partial charge in [0.25, 0.3) is 5.43 Å². The third kappa shape index (κ3) is 1.37. The summed E-state index contributed by atoms with van der Waals surface area (Å²) in [5, 5.41) is 8.99. The maximum absolute atomic E-state index is 12.5. The smallest absolute Gasteiger partial charge is 0.255 e. The van der Waals surface area contributed by atoms with Crippen LogP contribution in [0.2, 0.25) is 0 Å². The predicted octanol–water partition coefficient (Wildman–Crippen LogP) is 1.20. The second-order valence-electron chi connectivity index (χ2n) is 2.23. The lowest BCUT2D eigenvalue weighted by Crippen LogP contribution is -2.01. The zero-order valence-electron chi connectivity index (χ0n) is 5.97. The molecule has 11 heavy (non-hydrogen) atoms. The predicted molar refractivity (Wildman–Crippen MR) is 39.1 cm³/mol. The fourth-order valence-electron chi connectivity index (χ4n) is 0.724. The Bertz CT molecular complexity index is 333. The average molecular weight is 154 g/mol. The van der Waals surface area contributed by atoms with Gasteiger partial charge < -0.3 is 5.11 Å². The molecule has 0 aliphatic heterocycles. The van der Waals surface area contributed by atoms with E-state index in [-0.39, 0.29) is 0 Å². The fraction of sp³-hybridized carbons (Fsp3) is 0.125. The molecule has 1 N–H and O–H groups in total. The van der Waals surface area contributed by atoms with Gasteiger partial charge in [-0.1, -0.05) is 12.1 Å². The van der Waals surface area contributed by atoms with Crippen LogP contribution in [0.15, 0.2) is 23.0 Å². The van der Waals surface area contributed by atoms with Crippen LogP contribution in [0.1, 0.15) is 5.56 Å². The van der Waals surface area contributed by atoms with Crippen LogP contribution in [0, 0.1) is 12.7 Å². The molecule has 1 aromatic carbocycles. The van der Waals surface area contributed by atoms with Gasteiger partial charge in [-0.25, -0.2) is 4.39 Å². The first-order valence-corrected chi connectivity index (χ1v) is 3.11. The molecule has 0 aliphatic rings. The van der Waals surface area contributed by atoms with Crippen LogP contribution in [-0.2, 0) is 0 Å². The fourth-order valence-corrected chi connectivity index (χ4v) is 0.724. The lowest BCUT2D eigenvalue weighted by Gasteiger charge is -1.86. The van der Waals surface area contributed by atoms with Gasteiger partial charge in [0.2, 0.25) is 0 Å². The standard InChI is InChI=1S/C8H7FO2/c1-5-3-2-4-6(9)8(11)7(5)10/h2-4H,1H3,(H,10,11). The largest absolute Gasteiger partial charge is 0.504 e. The summed E-state index contributed by atoms with van der Waals surface area (Å²) >= 11 is 0. The summed E-state index contributed by atoms with van der Waals surface area (Å²) in [7, 11) is 0. The minimum absolute atomic E-state index is 0.374. The number of hydrogen-bond donors (Lipinski definition) is 1. The molecule has 0 aliphatic carbocycles. The van der Waals surface area contributed by atoms with Crippen molar-refractivity contribution >= 4 is 0 Å². The molecule has 1 rings (SSSR count). The van der Waals surface area contributed by atoms with E-state index in [2.05, 4.69) is 0 Å². The number of halogens is 1. The number of hydrogen-bond acceptors (Lipinski definition) is 2. The molecule has 0 aromatic heterocycles. The molecule has 1 aromatic rings. The summed E-state index contributed by atoms with van der Waals surface area (Å²) in [6, 6.07) is 3.88. The molecule has 3 heteroatoms. The summed E-state index contributed by atoms with van der Waals surface area (Å²) < 4.78 is 12.5. The molecule has 0 fully saturated rings. The van der Waals surface area contributed by atoms with Gasteiger partial charge in [0.05, 0.1) is 0 Å². The highest BCUT2D eigenvalue weighted by molar-refractivity contribution is 5.29. The van der Waals surface area contributed by atoms with Crippen molar-refractivity contribution in [2.45, 2.75) is 6.92 Å². The van der Waals surface area contributed by atoms with E-state index in [1.165, 1.54) is 19.1 Å². The maximum Gasteiger partial charge on any atom is 0.255 e. The minimum Gasteiger partial charge on any atom is -0.504 e. The summed E-state index contributed by atoms with van der Waals surface area (Å²) in [6.45, 7) is 1.54. The van der Waals surface area contributed by atoms with Crippen molar-refractivity contribution in [1.82, 2.24) is 0 Å². The first-order chi connectivity index (χ1) is 5.13. The quantitative estimate of drug-likeness (QED) is 0.609. The van der Waals surface area contributed by atoms with Gasteiger partial charge in [-0.15, -0.1) is 0 Å². The Morgan fingerprint density at radius 1 is 1.45 bits per heavy atom. The molecule has 0 amide bonds. The van der Waals surface area contributed by atoms with Crippen LogP contribution in [0.4, 0.5) is 4.39 Å². The Kier molecular flexibility index (Phi) is 1.89. The Morgan fingerprint density at radius 3 is 2.73 bits per heavy atom. The molecule has 0 bridgehead atoms. The SMILES string of the molecule is Cc1cccc(F)c(=O)c1O. The summed E-state index contributed by atoms with van der Waals surface area (Å²) in [5.41, 5.74) is -0.577. The highest BCUT2D eigenvalue weighted by atomic mass is 19.1. The van der Waals surface area contributed by atoms with Crippen molar-refractivity contribution < 1.29 is 9.50 Å². The minimum atomic E-state index is -0.951. The molecule has 0 atom stereocenters. The lowest BCUT2D eigenvalue weighted by molar-refractivity contribution is 0.460. The normalized spacial score (nSPS) is 9.64. The molecule has 0 unspecified atom stereocenters. The lowest BCUT2D eigenvalue weighted by atomic mass is 10.3. The first kappa shape index (κ1) is 7.72. The van der Waals surface area contributed by atoms with E-state index in [0.29, 0.717) is 5.56 Å². The van der Waals surface area contributed by atoms with Crippen molar-refractivity contribution in [2.75, 3.05) is 0 Å². The van der Waals surface area contributed by atoms with Crippen LogP contribution >= 0.6 is 0 Å². The summed E-state index contributed by atoms with van der Waals surface area (Å²) in [4.78, 5) is 10.8. The van der Waals surface area contributed by atoms with Crippen molar-refractivity contribution in [3.8, 4) is 5.75 Å². The average Bonchev–Trinajstić information content (AvgIpc) is 2.07. The van der Waals surface area contributed by atoms with Crippen LogP contribution in [-0.4, -0.2) is 5.11 Å². The zero-order chi connectivity index (χ0) is 8.43. The molecule has 0 saturated carbocycles. The molecule has 0 spiro atoms. The second-order valence-corrected chi connectivity index (χ2v) is 2.23. The maximum atomic E-state index is 12.5. The van der Waals surface area contributed by atoms with E-state index in [1.807, 2.05) is 0 Å². The third-order valence-corrected chi connectivity index (χ3v) is 1.39. The molecule has 0 saturated heterocycles. The number of aryl methyl sites for hydroxylation is 1. The Labute approximate surface area is 62.9 Å². The highest BCUT2D eigenvalue weighted by Crippen LogP contribution is 2.07. The van der Waals surface area contributed by atoms with Crippen molar-refractivity contribution in [3.05, 3.63) is 39.8 Å². The Hall–Kier alpha value is -1.38. The van der Waals surface area contributed by atoms with Gasteiger partial charge in [-0.2, -0.15) is 0 Å². The Balaban J connectivity index is 3.62. The van der Waals surface area contributed by atoms with E-state index < -0.39 is 17.0 Å². The molecular weight excluding hydrogens is 147 g/mol. The number of rotatable bonds is 0. The Morgan fingerprint density at radius 2 is 2.09 bits per heavy atom. The summed E-state index contributed by atoms with van der Waals surface area (Å²) in [5.74, 6) is -1.46. The topological polar surface area (TPSA) is 37.3 Å². The monoisotopic (exact) mass is 154 g/mol. The number of aromatic hydroxyl groups is 1. The summed E-state index contributed by atoms with van der Waals surface area (Å²) in [6.07, 6.45) is 0. The van der Waals surface area contributed by atoms with E-state index in [0.717, 1.165) is 6.07 Å². The molecule has 0 radical (unpaired) electrons. The highest BCUT2D eigenvalue weighted by Gasteiger charge is 2.02. The van der Waals surface area contributed by atoms with Gasteiger partial charge in [0.15, 0.2) is 11.6 Å². The van der Waals surface area contributed by atoms with E-state index >= 15 is 0 Å². The first-order valence-electron chi connectivity index (χ1n) is 3.11. The molecule has 2 nitrogen and oxygen atoms in total. The van der Waals surface area contributed by atoms with Crippen LogP contribution in [0.3, 0.4) is 0 Å². The van der Waals surface area contributed by atoms with E-state index in [9.17, 15) is 9.18 Å². The third-order valence-electron chi connectivity index (χ3n) is 1.39. The van der Waals surface area contributed by atoms with Gasteiger partial charge in [0.1, 0.15) is 0 Å². The van der Waals surface area contributed by atoms with Gasteiger partial charge in [-0.3, -0.25) is 4.79 Å². The molecule has 0 heterocycles. The van der Waals surface area contributed by atoms with Crippen molar-refractivity contribution in [2.24, 2.45) is 0 Å². The molecular formula is C8H7FO2. The molecule has 58 valence electrons. The second kappa shape index (κ2) is 2.70. The van der Waals surface area contributed by atoms with Crippen molar-refractivity contribution in [1.29, 1.82) is 0 Å². The van der Waals surface area contributed by atoms with Crippen LogP contribution in [0.5, 0.6) is 5.75 Å². The van der Waals surface area contributed by atoms with Crippen LogP contribution in [0.25, 0.3) is 0 Å². The van der Waals surface area contributed by atoms with E-state index in [4.69, 9.17) is 5.11 Å². The van der Waals surface area contributed by atoms with Gasteiger partial charge >= 0.3 is 0 Å². The van der Waals surface area contributed by atoms with Crippen LogP contribution < -0.4 is 5.43 Å². The van der Waals surface area contributed by atoms with Gasteiger partial charge in [0, 0.05) is 0 Å². The zero-order valence-corrected chi connectivity index (χ0v) is 5.97. The van der Waals surface area contributed by atoms with Gasteiger partial charge in [-0.05, 0) is 18.6 Å². The van der Waals surface area contributed by atoms with E-state index in [1.54, 1.807) is 0 Å². The van der Waals surface area contributed by atoms with Crippen molar-refractivity contribution in [3.63, 3.8) is 0 Å².